The number of hydrogen-bond acceptors (Lipinski definition) is 8. The van der Waals surface area contributed by atoms with Crippen LogP contribution in [0.1, 0.15) is 66.7 Å². The Hall–Kier alpha value is -3.64. The third kappa shape index (κ3) is 9.93. The maximum Gasteiger partial charge on any atom is 0.305 e. The monoisotopic (exact) mass is 653 g/mol. The highest BCUT2D eigenvalue weighted by molar-refractivity contribution is 5.87. The van der Waals surface area contributed by atoms with Crippen LogP contribution in [-0.2, 0) is 36.6 Å². The third-order valence-electron chi connectivity index (χ3n) is 8.92. The minimum absolute atomic E-state index is 0.133. The number of nitrogens with zero attached hydrogens (tertiary/aromatic N) is 1. The van der Waals surface area contributed by atoms with Crippen molar-refractivity contribution in [2.75, 3.05) is 26.4 Å². The average Bonchev–Trinajstić information content (AvgIpc) is 3.09. The van der Waals surface area contributed by atoms with Crippen LogP contribution in [0, 0.1) is 17.5 Å². The van der Waals surface area contributed by atoms with Gasteiger partial charge < -0.3 is 25.3 Å². The Balaban J connectivity index is 1.13. The van der Waals surface area contributed by atoms with Gasteiger partial charge in [-0.25, -0.2) is 13.2 Å². The molecule has 2 aliphatic heterocycles. The molecule has 47 heavy (non-hydrogen) atoms. The molecule has 5 rings (SSSR count). The first-order valence-corrected chi connectivity index (χ1v) is 16.3. The first-order valence-electron chi connectivity index (χ1n) is 16.3. The summed E-state index contributed by atoms with van der Waals surface area (Å²) in [5.74, 6) is -2.68. The van der Waals surface area contributed by atoms with Gasteiger partial charge in [-0.3, -0.25) is 14.6 Å². The van der Waals surface area contributed by atoms with E-state index in [0.29, 0.717) is 61.1 Å². The van der Waals surface area contributed by atoms with Gasteiger partial charge in [-0.15, -0.1) is 0 Å². The van der Waals surface area contributed by atoms with Gasteiger partial charge in [0.05, 0.1) is 37.1 Å². The summed E-state index contributed by atoms with van der Waals surface area (Å²) >= 11 is 0. The predicted molar refractivity (Wildman–Crippen MR) is 169 cm³/mol. The van der Waals surface area contributed by atoms with Gasteiger partial charge in [0.15, 0.2) is 5.78 Å². The molecule has 252 valence electrons. The second kappa shape index (κ2) is 17.0. The van der Waals surface area contributed by atoms with E-state index in [1.165, 1.54) is 30.5 Å². The van der Waals surface area contributed by atoms with Crippen molar-refractivity contribution in [1.29, 1.82) is 0 Å². The molecule has 0 amide bonds. The van der Waals surface area contributed by atoms with Crippen LogP contribution in [0.15, 0.2) is 60.9 Å². The van der Waals surface area contributed by atoms with Crippen LogP contribution in [0.2, 0.25) is 0 Å². The van der Waals surface area contributed by atoms with Crippen LogP contribution in [0.4, 0.5) is 13.2 Å². The number of carbonyl (C=O) groups excluding carboxylic acids is 2. The molecule has 1 unspecified atom stereocenters. The first-order chi connectivity index (χ1) is 22.8. The number of aromatic nitrogens is 1. The summed E-state index contributed by atoms with van der Waals surface area (Å²) in [6, 6.07) is 10.1. The lowest BCUT2D eigenvalue weighted by molar-refractivity contribution is -0.146. The normalized spacial score (nSPS) is 20.6. The fourth-order valence-electron chi connectivity index (χ4n) is 6.22. The molecule has 2 aromatic carbocycles. The minimum atomic E-state index is -1.07. The number of pyridine rings is 1. The first kappa shape index (κ1) is 34.7. The summed E-state index contributed by atoms with van der Waals surface area (Å²) in [5, 5.41) is 3.34. The summed E-state index contributed by atoms with van der Waals surface area (Å²) in [5.41, 5.74) is 8.50. The molecule has 0 bridgehead atoms. The largest absolute Gasteiger partial charge is 0.464 e. The number of nitrogens with two attached hydrogens (primary N) is 1. The molecule has 0 aliphatic carbocycles. The fourth-order valence-corrected chi connectivity index (χ4v) is 6.22. The number of rotatable bonds is 14. The minimum Gasteiger partial charge on any atom is -0.464 e. The number of benzene rings is 2. The van der Waals surface area contributed by atoms with Crippen molar-refractivity contribution in [3.8, 4) is 0 Å². The van der Waals surface area contributed by atoms with Gasteiger partial charge in [0.25, 0.3) is 0 Å². The van der Waals surface area contributed by atoms with Gasteiger partial charge in [0.2, 0.25) is 0 Å². The third-order valence-corrected chi connectivity index (χ3v) is 8.92. The van der Waals surface area contributed by atoms with Gasteiger partial charge in [-0.2, -0.15) is 0 Å². The molecule has 4 atom stereocenters. The smallest absolute Gasteiger partial charge is 0.305 e. The number of nitrogens with one attached hydrogen (secondary N) is 1. The van der Waals surface area contributed by atoms with E-state index in [0.717, 1.165) is 32.1 Å². The van der Waals surface area contributed by atoms with Gasteiger partial charge in [-0.1, -0.05) is 24.3 Å². The topological polar surface area (TPSA) is 113 Å². The Morgan fingerprint density at radius 1 is 0.936 bits per heavy atom. The summed E-state index contributed by atoms with van der Waals surface area (Å²) < 4.78 is 59.5. The summed E-state index contributed by atoms with van der Waals surface area (Å²) in [6.45, 7) is 1.81. The van der Waals surface area contributed by atoms with Gasteiger partial charge in [0, 0.05) is 38.1 Å². The molecule has 2 saturated heterocycles. The van der Waals surface area contributed by atoms with E-state index < -0.39 is 29.4 Å². The highest BCUT2D eigenvalue weighted by Gasteiger charge is 2.29. The van der Waals surface area contributed by atoms with E-state index in [1.54, 1.807) is 24.3 Å². The Morgan fingerprint density at radius 2 is 1.64 bits per heavy atom. The molecule has 3 N–H and O–H groups in total. The van der Waals surface area contributed by atoms with Crippen LogP contribution < -0.4 is 11.1 Å². The van der Waals surface area contributed by atoms with E-state index in [9.17, 15) is 18.4 Å². The van der Waals surface area contributed by atoms with Crippen LogP contribution in [0.3, 0.4) is 0 Å². The van der Waals surface area contributed by atoms with Crippen molar-refractivity contribution in [3.63, 3.8) is 0 Å². The lowest BCUT2D eigenvalue weighted by Gasteiger charge is -2.30. The lowest BCUT2D eigenvalue weighted by atomic mass is 9.82. The molecule has 0 radical (unpaired) electrons. The number of esters is 1. The van der Waals surface area contributed by atoms with E-state index >= 15 is 4.39 Å². The van der Waals surface area contributed by atoms with Crippen molar-refractivity contribution in [2.24, 2.45) is 5.73 Å². The number of carbonyl (C=O) groups is 2. The van der Waals surface area contributed by atoms with Gasteiger partial charge in [-0.05, 0) is 85.0 Å². The van der Waals surface area contributed by atoms with E-state index in [2.05, 4.69) is 10.3 Å². The summed E-state index contributed by atoms with van der Waals surface area (Å²) in [6.07, 6.45) is 7.33. The SMILES string of the molecule is N[C@H](C(=O)Cc1cncc(F)c1CC[C@@H]1CN[C@H](COC(=O)CCC2CCCCO2)CO1)C(c1ccc(F)cc1)c1ccc(F)cc1. The molecule has 11 heteroatoms. The Morgan fingerprint density at radius 3 is 2.26 bits per heavy atom. The highest BCUT2D eigenvalue weighted by Crippen LogP contribution is 2.29. The Kier molecular flexibility index (Phi) is 12.5. The van der Waals surface area contributed by atoms with Crippen molar-refractivity contribution in [3.05, 3.63) is 101 Å². The molecule has 3 heterocycles. The molecule has 0 spiro atoms. The van der Waals surface area contributed by atoms with Crippen molar-refractivity contribution >= 4 is 11.8 Å². The molecule has 2 aliphatic rings. The number of halogens is 3. The maximum absolute atomic E-state index is 15.1. The summed E-state index contributed by atoms with van der Waals surface area (Å²) in [4.78, 5) is 29.7. The molecule has 0 saturated carbocycles. The quantitative estimate of drug-likeness (QED) is 0.235. The predicted octanol–water partition coefficient (Wildman–Crippen LogP) is 4.95. The zero-order valence-electron chi connectivity index (χ0n) is 26.3. The lowest BCUT2D eigenvalue weighted by Crippen LogP contribution is -2.49. The zero-order chi connectivity index (χ0) is 33.2. The van der Waals surface area contributed by atoms with Gasteiger partial charge in [0.1, 0.15) is 24.1 Å². The zero-order valence-corrected chi connectivity index (χ0v) is 26.3. The molecular formula is C36H42F3N3O5. The molecule has 2 fully saturated rings. The average molecular weight is 654 g/mol. The number of Topliss-reactive ketones (excluding diaryl/α,β-unsaturated/α-hetero) is 1. The molecule has 8 nitrogen and oxygen atoms in total. The molecule has 3 aromatic rings. The van der Waals surface area contributed by atoms with Crippen molar-refractivity contribution in [2.45, 2.75) is 81.6 Å². The van der Waals surface area contributed by atoms with Gasteiger partial charge >= 0.3 is 5.97 Å². The number of hydrogen-bond donors (Lipinski definition) is 2. The van der Waals surface area contributed by atoms with E-state index in [-0.39, 0.29) is 43.0 Å². The standard InChI is InChI=1S/C36H42F3N3O5/c37-26-8-4-23(5-9-26)35(24-6-10-27(38)11-7-24)36(40)33(43)17-25-18-41-20-32(39)31(25)14-12-30-19-42-28(21-46-30)22-47-34(44)15-13-29-3-1-2-16-45-29/h4-11,18,20,28-30,35-36,42H,1-3,12-17,19,21-22,40H2/t28-,29?,30+,36+/m0/s1. The van der Waals surface area contributed by atoms with Crippen molar-refractivity contribution in [1.82, 2.24) is 10.3 Å². The number of morpholine rings is 1. The van der Waals surface area contributed by atoms with Crippen molar-refractivity contribution < 1.29 is 37.0 Å². The Labute approximate surface area is 273 Å². The van der Waals surface area contributed by atoms with E-state index in [1.807, 2.05) is 0 Å². The number of ether oxygens (including phenoxy) is 3. The molecule has 1 aromatic heterocycles. The highest BCUT2D eigenvalue weighted by atomic mass is 19.1. The maximum atomic E-state index is 15.1. The number of ketones is 1. The Bertz CT molecular complexity index is 1410. The van der Waals surface area contributed by atoms with Crippen LogP contribution >= 0.6 is 0 Å². The molecular weight excluding hydrogens is 611 g/mol. The van der Waals surface area contributed by atoms with Crippen LogP contribution in [0.5, 0.6) is 0 Å². The second-order valence-corrected chi connectivity index (χ2v) is 12.3. The fraction of sp³-hybridized carbons (Fsp3) is 0.472. The van der Waals surface area contributed by atoms with E-state index in [4.69, 9.17) is 19.9 Å². The van der Waals surface area contributed by atoms with Crippen LogP contribution in [-0.4, -0.2) is 67.4 Å². The second-order valence-electron chi connectivity index (χ2n) is 12.3. The van der Waals surface area contributed by atoms with Crippen LogP contribution in [0.25, 0.3) is 0 Å². The summed E-state index contributed by atoms with van der Waals surface area (Å²) in [7, 11) is 0.